The lowest BCUT2D eigenvalue weighted by Crippen LogP contribution is -2.28. The first-order valence-corrected chi connectivity index (χ1v) is 10.5. The van der Waals surface area contributed by atoms with Crippen LogP contribution < -0.4 is 0 Å². The summed E-state index contributed by atoms with van der Waals surface area (Å²) in [7, 11) is 0. The number of aromatic nitrogens is 1. The molecule has 1 aromatic heterocycles. The van der Waals surface area contributed by atoms with Crippen LogP contribution in [-0.4, -0.2) is 27.8 Å². The Balaban J connectivity index is 1.86. The molecule has 2 aliphatic rings. The van der Waals surface area contributed by atoms with E-state index in [-0.39, 0.29) is 0 Å². The van der Waals surface area contributed by atoms with Crippen molar-refractivity contribution < 1.29 is 0 Å². The molecule has 1 aromatic rings. The Hall–Kier alpha value is -3.60. The van der Waals surface area contributed by atoms with Gasteiger partial charge in [-0.3, -0.25) is 15.4 Å². The van der Waals surface area contributed by atoms with Gasteiger partial charge in [-0.15, -0.1) is 0 Å². The van der Waals surface area contributed by atoms with E-state index in [4.69, 9.17) is 10.5 Å². The van der Waals surface area contributed by atoms with Crippen LogP contribution in [0, 0.1) is 5.41 Å². The fourth-order valence-corrected chi connectivity index (χ4v) is 3.29. The number of aliphatic imine (C=N–C) groups is 1. The second-order valence-electron chi connectivity index (χ2n) is 7.38. The Kier molecular flexibility index (Phi) is 7.44. The van der Waals surface area contributed by atoms with Gasteiger partial charge in [-0.2, -0.15) is 5.10 Å². The molecule has 0 radical (unpaired) electrons. The van der Waals surface area contributed by atoms with Gasteiger partial charge in [-0.05, 0) is 61.8 Å². The predicted octanol–water partition coefficient (Wildman–Crippen LogP) is 6.32. The normalized spacial score (nSPS) is 17.8. The molecule has 0 atom stereocenters. The van der Waals surface area contributed by atoms with E-state index in [0.29, 0.717) is 12.3 Å². The first-order chi connectivity index (χ1) is 15.0. The molecule has 0 aromatic carbocycles. The van der Waals surface area contributed by atoms with Gasteiger partial charge in [-0.25, -0.2) is 5.01 Å². The summed E-state index contributed by atoms with van der Waals surface area (Å²) in [4.78, 5) is 8.69. The third-order valence-electron chi connectivity index (χ3n) is 5.13. The van der Waals surface area contributed by atoms with Gasteiger partial charge in [0.2, 0.25) is 0 Å². The summed E-state index contributed by atoms with van der Waals surface area (Å²) in [5, 5.41) is 15.3. The maximum absolute atomic E-state index is 8.74. The quantitative estimate of drug-likeness (QED) is 0.439. The highest BCUT2D eigenvalue weighted by Crippen LogP contribution is 2.24. The van der Waals surface area contributed by atoms with Gasteiger partial charge >= 0.3 is 0 Å². The molecule has 2 aliphatic heterocycles. The van der Waals surface area contributed by atoms with Crippen molar-refractivity contribution >= 4 is 29.9 Å². The highest BCUT2D eigenvalue weighted by molar-refractivity contribution is 6.12. The molecule has 0 unspecified atom stereocenters. The number of hydrogen-bond acceptors (Lipinski definition) is 4. The molecule has 0 spiro atoms. The van der Waals surface area contributed by atoms with Crippen molar-refractivity contribution in [2.24, 2.45) is 10.1 Å². The van der Waals surface area contributed by atoms with E-state index >= 15 is 0 Å². The average molecular weight is 412 g/mol. The molecule has 5 heteroatoms. The zero-order valence-electron chi connectivity index (χ0n) is 18.5. The standard InChI is InChI=1S/C26H29N5/c1-5-19(3)25-15-14-24(22-12-9-16-28-20(4)18-22)30-31(25)26(27)13-7-10-21-11-8-17-29-23(21)6-2/h6-8,10-12,14-18,27H,2,5,9,13H2,1,3-4H3/b10-7+,25-19+,27-26?. The van der Waals surface area contributed by atoms with Crippen molar-refractivity contribution in [1.29, 1.82) is 5.41 Å². The summed E-state index contributed by atoms with van der Waals surface area (Å²) in [6.45, 7) is 10.0. The number of amidine groups is 1. The van der Waals surface area contributed by atoms with Gasteiger partial charge in [0, 0.05) is 36.5 Å². The van der Waals surface area contributed by atoms with Crippen molar-refractivity contribution in [3.05, 3.63) is 89.1 Å². The Morgan fingerprint density at radius 3 is 2.94 bits per heavy atom. The molecule has 3 rings (SSSR count). The first-order valence-electron chi connectivity index (χ1n) is 10.5. The van der Waals surface area contributed by atoms with Gasteiger partial charge in [0.25, 0.3) is 0 Å². The van der Waals surface area contributed by atoms with Gasteiger partial charge in [-0.1, -0.05) is 37.8 Å². The summed E-state index contributed by atoms with van der Waals surface area (Å²) >= 11 is 0. The highest BCUT2D eigenvalue weighted by atomic mass is 15.5. The smallest absolute Gasteiger partial charge is 0.126 e. The van der Waals surface area contributed by atoms with E-state index in [1.165, 1.54) is 5.57 Å². The third-order valence-corrected chi connectivity index (χ3v) is 5.13. The van der Waals surface area contributed by atoms with Gasteiger partial charge in [0.15, 0.2) is 0 Å². The van der Waals surface area contributed by atoms with Gasteiger partial charge < -0.3 is 0 Å². The summed E-state index contributed by atoms with van der Waals surface area (Å²) < 4.78 is 0. The van der Waals surface area contributed by atoms with E-state index in [0.717, 1.165) is 46.8 Å². The molecule has 31 heavy (non-hydrogen) atoms. The van der Waals surface area contributed by atoms with E-state index in [9.17, 15) is 0 Å². The molecular weight excluding hydrogens is 382 g/mol. The monoisotopic (exact) mass is 411 g/mol. The fourth-order valence-electron chi connectivity index (χ4n) is 3.29. The SMILES string of the molecule is C=Cc1ncccc1/C=C/CC(=N)N1N=C(C2=CCC=NC(C)=C2)C=C/C1=C(/C)CC. The van der Waals surface area contributed by atoms with Gasteiger partial charge in [0.1, 0.15) is 5.84 Å². The topological polar surface area (TPSA) is 64.7 Å². The van der Waals surface area contributed by atoms with Crippen LogP contribution >= 0.6 is 0 Å². The van der Waals surface area contributed by atoms with E-state index in [1.807, 2.05) is 49.6 Å². The summed E-state index contributed by atoms with van der Waals surface area (Å²) in [6, 6.07) is 3.89. The number of hydrazone groups is 1. The predicted molar refractivity (Wildman–Crippen MR) is 132 cm³/mol. The molecule has 0 saturated heterocycles. The molecular formula is C26H29N5. The van der Waals surface area contributed by atoms with Crippen molar-refractivity contribution in [2.75, 3.05) is 0 Å². The molecule has 5 nitrogen and oxygen atoms in total. The maximum Gasteiger partial charge on any atom is 0.126 e. The lowest BCUT2D eigenvalue weighted by Gasteiger charge is -2.26. The Labute approximate surface area is 184 Å². The minimum Gasteiger partial charge on any atom is -0.286 e. The largest absolute Gasteiger partial charge is 0.286 e. The van der Waals surface area contributed by atoms with Gasteiger partial charge in [0.05, 0.1) is 17.1 Å². The number of allylic oxidation sites excluding steroid dienone is 7. The van der Waals surface area contributed by atoms with Crippen LogP contribution in [0.15, 0.2) is 87.9 Å². The van der Waals surface area contributed by atoms with Crippen LogP contribution in [0.25, 0.3) is 12.2 Å². The second kappa shape index (κ2) is 10.4. The molecule has 0 saturated carbocycles. The van der Waals surface area contributed by atoms with Crippen LogP contribution in [0.4, 0.5) is 0 Å². The van der Waals surface area contributed by atoms with Crippen molar-refractivity contribution in [3.8, 4) is 0 Å². The number of rotatable bonds is 6. The molecule has 0 amide bonds. The zero-order chi connectivity index (χ0) is 22.2. The average Bonchev–Trinajstić information content (AvgIpc) is 3.02. The number of nitrogens with one attached hydrogen (secondary N) is 1. The van der Waals surface area contributed by atoms with Crippen molar-refractivity contribution in [3.63, 3.8) is 0 Å². The second-order valence-corrected chi connectivity index (χ2v) is 7.38. The summed E-state index contributed by atoms with van der Waals surface area (Å²) in [5.74, 6) is 0.413. The van der Waals surface area contributed by atoms with Crippen LogP contribution in [0.3, 0.4) is 0 Å². The Morgan fingerprint density at radius 2 is 2.16 bits per heavy atom. The Bertz CT molecular complexity index is 1080. The molecule has 1 N–H and O–H groups in total. The molecule has 158 valence electrons. The number of hydrogen-bond donors (Lipinski definition) is 1. The number of pyridine rings is 1. The van der Waals surface area contributed by atoms with E-state index in [2.05, 4.69) is 42.6 Å². The third kappa shape index (κ3) is 5.51. The minimum atomic E-state index is 0.413. The molecule has 0 bridgehead atoms. The van der Waals surface area contributed by atoms with Crippen molar-refractivity contribution in [2.45, 2.75) is 40.0 Å². The van der Waals surface area contributed by atoms with Crippen LogP contribution in [-0.2, 0) is 0 Å². The molecule has 0 fully saturated rings. The van der Waals surface area contributed by atoms with E-state index in [1.54, 1.807) is 17.3 Å². The van der Waals surface area contributed by atoms with Crippen LogP contribution in [0.5, 0.6) is 0 Å². The first kappa shape index (κ1) is 22.1. The molecule has 3 heterocycles. The lowest BCUT2D eigenvalue weighted by molar-refractivity contribution is 0.541. The fraction of sp³-hybridized carbons (Fsp3) is 0.231. The highest BCUT2D eigenvalue weighted by Gasteiger charge is 2.19. The lowest BCUT2D eigenvalue weighted by atomic mass is 10.0. The summed E-state index contributed by atoms with van der Waals surface area (Å²) in [6.07, 6.45) is 19.7. The van der Waals surface area contributed by atoms with Crippen LogP contribution in [0.2, 0.25) is 0 Å². The Morgan fingerprint density at radius 1 is 1.32 bits per heavy atom. The summed E-state index contributed by atoms with van der Waals surface area (Å²) in [5.41, 5.74) is 6.79. The number of nitrogens with zero attached hydrogens (tertiary/aromatic N) is 4. The minimum absolute atomic E-state index is 0.413. The van der Waals surface area contributed by atoms with E-state index < -0.39 is 0 Å². The van der Waals surface area contributed by atoms with Crippen molar-refractivity contribution in [1.82, 2.24) is 9.99 Å². The molecule has 0 aliphatic carbocycles. The van der Waals surface area contributed by atoms with Crippen LogP contribution in [0.1, 0.15) is 51.3 Å². The zero-order valence-corrected chi connectivity index (χ0v) is 18.5. The maximum atomic E-state index is 8.74.